The summed E-state index contributed by atoms with van der Waals surface area (Å²) in [5.74, 6) is -0.182. The van der Waals surface area contributed by atoms with Gasteiger partial charge in [0.05, 0.1) is 9.13 Å². The number of carbonyl (C=O) groups excluding carboxylic acids is 1. The van der Waals surface area contributed by atoms with Gasteiger partial charge in [-0.15, -0.1) is 0 Å². The minimum absolute atomic E-state index is 0.0505. The maximum absolute atomic E-state index is 11.8. The van der Waals surface area contributed by atoms with Gasteiger partial charge >= 0.3 is 0 Å². The predicted molar refractivity (Wildman–Crippen MR) is 85.3 cm³/mol. The van der Waals surface area contributed by atoms with Crippen LogP contribution in [0, 0.1) is 7.14 Å². The van der Waals surface area contributed by atoms with E-state index in [1.54, 1.807) is 6.07 Å². The lowest BCUT2D eigenvalue weighted by Crippen LogP contribution is -2.24. The number of hydrogen-bond donors (Lipinski definition) is 2. The molecule has 0 heterocycles. The third-order valence-corrected chi connectivity index (χ3v) is 3.55. The molecule has 0 unspecified atom stereocenters. The number of allylic oxidation sites excluding steroid dienone is 1. The highest BCUT2D eigenvalue weighted by atomic mass is 127. The molecule has 0 saturated carbocycles. The van der Waals surface area contributed by atoms with Crippen LogP contribution < -0.4 is 5.32 Å². The van der Waals surface area contributed by atoms with Crippen LogP contribution in [0.3, 0.4) is 0 Å². The Morgan fingerprint density at radius 1 is 1.47 bits per heavy atom. The van der Waals surface area contributed by atoms with Gasteiger partial charge in [-0.05, 0) is 70.7 Å². The molecule has 0 bridgehead atoms. The molecule has 1 rings (SSSR count). The fourth-order valence-corrected chi connectivity index (χ4v) is 3.11. The van der Waals surface area contributed by atoms with Crippen molar-refractivity contribution in [3.8, 4) is 5.75 Å². The Balaban J connectivity index is 2.75. The monoisotopic (exact) mass is 457 g/mol. The van der Waals surface area contributed by atoms with E-state index in [1.807, 2.05) is 47.7 Å². The van der Waals surface area contributed by atoms with Crippen LogP contribution in [0.25, 0.3) is 0 Å². The molecule has 1 aromatic rings. The summed E-state index contributed by atoms with van der Waals surface area (Å²) >= 11 is 4.14. The molecule has 0 fully saturated rings. The van der Waals surface area contributed by atoms with E-state index in [2.05, 4.69) is 27.9 Å². The average Bonchev–Trinajstić information content (AvgIpc) is 2.29. The van der Waals surface area contributed by atoms with Crippen LogP contribution in [0.1, 0.15) is 23.7 Å². The molecule has 0 spiro atoms. The van der Waals surface area contributed by atoms with Crippen molar-refractivity contribution in [2.45, 2.75) is 13.3 Å². The Morgan fingerprint density at radius 3 is 2.82 bits per heavy atom. The summed E-state index contributed by atoms with van der Waals surface area (Å²) in [6.07, 6.45) is 4.72. The van der Waals surface area contributed by atoms with Gasteiger partial charge in [-0.3, -0.25) is 4.79 Å². The van der Waals surface area contributed by atoms with E-state index in [1.165, 1.54) is 0 Å². The molecule has 17 heavy (non-hydrogen) atoms. The first-order chi connectivity index (χ1) is 8.06. The summed E-state index contributed by atoms with van der Waals surface area (Å²) in [6.45, 7) is 2.51. The Kier molecular flexibility index (Phi) is 6.24. The Labute approximate surface area is 128 Å². The molecule has 0 aliphatic heterocycles. The SMILES string of the molecule is C/C=C/CCNC(=O)c1cc(I)cc(I)c1O. The van der Waals surface area contributed by atoms with Gasteiger partial charge in [-0.25, -0.2) is 0 Å². The van der Waals surface area contributed by atoms with Gasteiger partial charge in [0.15, 0.2) is 0 Å². The number of aromatic hydroxyl groups is 1. The third kappa shape index (κ3) is 4.46. The van der Waals surface area contributed by atoms with Crippen molar-refractivity contribution in [3.05, 3.63) is 37.0 Å². The first-order valence-electron chi connectivity index (χ1n) is 5.13. The van der Waals surface area contributed by atoms with E-state index in [-0.39, 0.29) is 11.7 Å². The number of benzene rings is 1. The van der Waals surface area contributed by atoms with Crippen LogP contribution in [0.4, 0.5) is 0 Å². The number of halogens is 2. The number of rotatable bonds is 4. The van der Waals surface area contributed by atoms with Crippen LogP contribution in [-0.4, -0.2) is 17.6 Å². The number of carbonyl (C=O) groups is 1. The van der Waals surface area contributed by atoms with Gasteiger partial charge in [0.1, 0.15) is 5.75 Å². The molecule has 1 amide bonds. The van der Waals surface area contributed by atoms with Crippen LogP contribution in [0.15, 0.2) is 24.3 Å². The first kappa shape index (κ1) is 14.7. The lowest BCUT2D eigenvalue weighted by molar-refractivity contribution is 0.0951. The van der Waals surface area contributed by atoms with Crippen molar-refractivity contribution in [2.75, 3.05) is 6.54 Å². The summed E-state index contributed by atoms with van der Waals surface area (Å²) in [4.78, 5) is 11.8. The first-order valence-corrected chi connectivity index (χ1v) is 7.29. The summed E-state index contributed by atoms with van der Waals surface area (Å²) in [7, 11) is 0. The highest BCUT2D eigenvalue weighted by molar-refractivity contribution is 14.1. The van der Waals surface area contributed by atoms with E-state index in [9.17, 15) is 9.90 Å². The van der Waals surface area contributed by atoms with Gasteiger partial charge in [-0.1, -0.05) is 12.2 Å². The van der Waals surface area contributed by atoms with Gasteiger partial charge in [0.2, 0.25) is 0 Å². The van der Waals surface area contributed by atoms with Crippen LogP contribution in [0.2, 0.25) is 0 Å². The lowest BCUT2D eigenvalue weighted by Gasteiger charge is -2.08. The van der Waals surface area contributed by atoms with E-state index >= 15 is 0 Å². The molecule has 3 nitrogen and oxygen atoms in total. The fourth-order valence-electron chi connectivity index (χ4n) is 1.27. The minimum Gasteiger partial charge on any atom is -0.506 e. The molecular formula is C12H13I2NO2. The van der Waals surface area contributed by atoms with Crippen molar-refractivity contribution in [3.63, 3.8) is 0 Å². The van der Waals surface area contributed by atoms with Crippen molar-refractivity contribution >= 4 is 51.1 Å². The van der Waals surface area contributed by atoms with Gasteiger partial charge in [0.25, 0.3) is 5.91 Å². The highest BCUT2D eigenvalue weighted by Gasteiger charge is 2.13. The van der Waals surface area contributed by atoms with Crippen molar-refractivity contribution in [2.24, 2.45) is 0 Å². The van der Waals surface area contributed by atoms with Crippen molar-refractivity contribution in [1.29, 1.82) is 0 Å². The molecule has 2 N–H and O–H groups in total. The number of hydrogen-bond acceptors (Lipinski definition) is 2. The topological polar surface area (TPSA) is 49.3 Å². The maximum atomic E-state index is 11.8. The Morgan fingerprint density at radius 2 is 2.18 bits per heavy atom. The van der Waals surface area contributed by atoms with Crippen LogP contribution >= 0.6 is 45.2 Å². The average molecular weight is 457 g/mol. The molecule has 0 atom stereocenters. The molecule has 0 aliphatic carbocycles. The van der Waals surface area contributed by atoms with E-state index < -0.39 is 0 Å². The molecule has 92 valence electrons. The Hall–Kier alpha value is -0.310. The van der Waals surface area contributed by atoms with Crippen LogP contribution in [0.5, 0.6) is 5.75 Å². The summed E-state index contributed by atoms with van der Waals surface area (Å²) in [6, 6.07) is 3.51. The zero-order valence-corrected chi connectivity index (χ0v) is 13.7. The van der Waals surface area contributed by atoms with Gasteiger partial charge in [-0.2, -0.15) is 0 Å². The predicted octanol–water partition coefficient (Wildman–Crippen LogP) is 3.30. The second-order valence-corrected chi connectivity index (χ2v) is 5.81. The largest absolute Gasteiger partial charge is 0.506 e. The zero-order chi connectivity index (χ0) is 12.8. The maximum Gasteiger partial charge on any atom is 0.255 e. The third-order valence-electron chi connectivity index (χ3n) is 2.11. The molecule has 0 aliphatic rings. The molecule has 0 radical (unpaired) electrons. The lowest BCUT2D eigenvalue weighted by atomic mass is 10.2. The smallest absolute Gasteiger partial charge is 0.255 e. The second-order valence-electron chi connectivity index (χ2n) is 3.40. The normalized spacial score (nSPS) is 10.8. The van der Waals surface area contributed by atoms with Crippen LogP contribution in [-0.2, 0) is 0 Å². The minimum atomic E-state index is -0.233. The van der Waals surface area contributed by atoms with Crippen molar-refractivity contribution in [1.82, 2.24) is 5.32 Å². The van der Waals surface area contributed by atoms with Gasteiger partial charge in [0, 0.05) is 10.1 Å². The zero-order valence-electron chi connectivity index (χ0n) is 9.34. The molecule has 1 aromatic carbocycles. The van der Waals surface area contributed by atoms with Gasteiger partial charge < -0.3 is 10.4 Å². The molecule has 0 aromatic heterocycles. The number of amides is 1. The van der Waals surface area contributed by atoms with E-state index in [0.717, 1.165) is 9.99 Å². The Bertz CT molecular complexity index is 444. The van der Waals surface area contributed by atoms with E-state index in [0.29, 0.717) is 15.7 Å². The van der Waals surface area contributed by atoms with E-state index in [4.69, 9.17) is 0 Å². The number of phenols is 1. The number of phenolic OH excluding ortho intramolecular Hbond substituents is 1. The summed E-state index contributed by atoms with van der Waals surface area (Å²) < 4.78 is 1.62. The molecule has 0 saturated heterocycles. The molecular weight excluding hydrogens is 444 g/mol. The highest BCUT2D eigenvalue weighted by Crippen LogP contribution is 2.26. The fraction of sp³-hybridized carbons (Fsp3) is 0.250. The van der Waals surface area contributed by atoms with Crippen molar-refractivity contribution < 1.29 is 9.90 Å². The second kappa shape index (κ2) is 7.20. The molecule has 5 heteroatoms. The summed E-state index contributed by atoms with van der Waals surface area (Å²) in [5.41, 5.74) is 0.335. The summed E-state index contributed by atoms with van der Waals surface area (Å²) in [5, 5.41) is 12.6. The quantitative estimate of drug-likeness (QED) is 0.415. The standard InChI is InChI=1S/C12H13I2NO2/c1-2-3-4-5-15-12(17)9-6-8(13)7-10(14)11(9)16/h2-3,6-7,16H,4-5H2,1H3,(H,15,17)/b3-2+. The number of nitrogens with one attached hydrogen (secondary N) is 1.